The SMILES string of the molecule is O=C(Nc1ccc(F)cc1)C(c1ccc(F)cc1)N(C(=O)c1cnccn1)c1ccc(Cl)cc1. The summed E-state index contributed by atoms with van der Waals surface area (Å²) in [6.45, 7) is 0. The van der Waals surface area contributed by atoms with Gasteiger partial charge < -0.3 is 5.32 Å². The number of nitrogens with zero attached hydrogens (tertiary/aromatic N) is 3. The van der Waals surface area contributed by atoms with Gasteiger partial charge in [0.2, 0.25) is 0 Å². The van der Waals surface area contributed by atoms with E-state index in [9.17, 15) is 18.4 Å². The molecule has 6 nitrogen and oxygen atoms in total. The van der Waals surface area contributed by atoms with Crippen LogP contribution in [0.4, 0.5) is 20.2 Å². The van der Waals surface area contributed by atoms with E-state index in [4.69, 9.17) is 11.6 Å². The molecule has 0 bridgehead atoms. The Kier molecular flexibility index (Phi) is 6.89. The van der Waals surface area contributed by atoms with Gasteiger partial charge in [-0.2, -0.15) is 0 Å². The first-order valence-electron chi connectivity index (χ1n) is 10.1. The number of aromatic nitrogens is 2. The van der Waals surface area contributed by atoms with Crippen LogP contribution in [0.2, 0.25) is 5.02 Å². The van der Waals surface area contributed by atoms with Crippen LogP contribution in [-0.2, 0) is 4.79 Å². The maximum absolute atomic E-state index is 13.7. The van der Waals surface area contributed by atoms with Crippen LogP contribution in [0.5, 0.6) is 0 Å². The predicted molar refractivity (Wildman–Crippen MR) is 124 cm³/mol. The quantitative estimate of drug-likeness (QED) is 0.400. The van der Waals surface area contributed by atoms with Crippen LogP contribution in [0.15, 0.2) is 91.4 Å². The minimum absolute atomic E-state index is 0.000793. The van der Waals surface area contributed by atoms with Crippen molar-refractivity contribution in [1.29, 1.82) is 0 Å². The standard InChI is InChI=1S/C25H17ClF2N4O2/c26-17-3-11-21(12-4-17)32(25(34)22-15-29-13-14-30-22)23(16-1-5-18(27)6-2-16)24(33)31-20-9-7-19(28)8-10-20/h1-15,23H,(H,31,33). The monoisotopic (exact) mass is 478 g/mol. The number of carbonyl (C=O) groups is 2. The zero-order valence-corrected chi connectivity index (χ0v) is 18.3. The number of hydrogen-bond donors (Lipinski definition) is 1. The third-order valence-electron chi connectivity index (χ3n) is 4.91. The second-order valence-corrected chi connectivity index (χ2v) is 7.63. The number of benzene rings is 3. The first kappa shape index (κ1) is 23.0. The average Bonchev–Trinajstić information content (AvgIpc) is 2.85. The maximum atomic E-state index is 13.7. The number of carbonyl (C=O) groups excluding carboxylic acids is 2. The number of amides is 2. The fourth-order valence-electron chi connectivity index (χ4n) is 3.32. The molecule has 1 N–H and O–H groups in total. The van der Waals surface area contributed by atoms with E-state index < -0.39 is 29.5 Å². The minimum atomic E-state index is -1.23. The zero-order valence-electron chi connectivity index (χ0n) is 17.5. The Morgan fingerprint density at radius 1 is 0.853 bits per heavy atom. The molecule has 2 amide bonds. The highest BCUT2D eigenvalue weighted by Gasteiger charge is 2.34. The number of hydrogen-bond acceptors (Lipinski definition) is 4. The fraction of sp³-hybridized carbons (Fsp3) is 0.0400. The molecule has 4 aromatic rings. The molecule has 1 heterocycles. The van der Waals surface area contributed by atoms with Crippen LogP contribution in [-0.4, -0.2) is 21.8 Å². The summed E-state index contributed by atoms with van der Waals surface area (Å²) in [5, 5.41) is 3.13. The van der Waals surface area contributed by atoms with Crippen molar-refractivity contribution in [2.24, 2.45) is 0 Å². The largest absolute Gasteiger partial charge is 0.324 e. The number of rotatable bonds is 6. The first-order valence-corrected chi connectivity index (χ1v) is 10.5. The normalized spacial score (nSPS) is 11.5. The van der Waals surface area contributed by atoms with Gasteiger partial charge in [0, 0.05) is 28.8 Å². The van der Waals surface area contributed by atoms with Gasteiger partial charge in [-0.15, -0.1) is 0 Å². The highest BCUT2D eigenvalue weighted by atomic mass is 35.5. The number of halogens is 3. The van der Waals surface area contributed by atoms with Gasteiger partial charge in [0.25, 0.3) is 11.8 Å². The second-order valence-electron chi connectivity index (χ2n) is 7.19. The topological polar surface area (TPSA) is 75.2 Å². The third kappa shape index (κ3) is 5.24. The Morgan fingerprint density at radius 2 is 1.47 bits per heavy atom. The molecule has 170 valence electrons. The van der Waals surface area contributed by atoms with Gasteiger partial charge in [-0.1, -0.05) is 23.7 Å². The Hall–Kier alpha value is -4.17. The van der Waals surface area contributed by atoms with Crippen LogP contribution < -0.4 is 10.2 Å². The number of nitrogens with one attached hydrogen (secondary N) is 1. The molecular formula is C25H17ClF2N4O2. The molecule has 0 aliphatic heterocycles. The second kappa shape index (κ2) is 10.2. The summed E-state index contributed by atoms with van der Waals surface area (Å²) in [5.74, 6) is -2.18. The van der Waals surface area contributed by atoms with Gasteiger partial charge >= 0.3 is 0 Å². The molecule has 1 atom stereocenters. The highest BCUT2D eigenvalue weighted by molar-refractivity contribution is 6.30. The zero-order chi connectivity index (χ0) is 24.1. The lowest BCUT2D eigenvalue weighted by Crippen LogP contribution is -2.42. The van der Waals surface area contributed by atoms with E-state index in [1.165, 1.54) is 72.0 Å². The smallest absolute Gasteiger partial charge is 0.279 e. The van der Waals surface area contributed by atoms with Crippen molar-refractivity contribution in [2.45, 2.75) is 6.04 Å². The van der Waals surface area contributed by atoms with E-state index in [1.807, 2.05) is 0 Å². The lowest BCUT2D eigenvalue weighted by molar-refractivity contribution is -0.117. The molecule has 34 heavy (non-hydrogen) atoms. The summed E-state index contributed by atoms with van der Waals surface area (Å²) in [7, 11) is 0. The fourth-order valence-corrected chi connectivity index (χ4v) is 3.45. The van der Waals surface area contributed by atoms with E-state index in [0.29, 0.717) is 22.0 Å². The molecule has 0 saturated carbocycles. The van der Waals surface area contributed by atoms with Crippen LogP contribution in [0.1, 0.15) is 22.1 Å². The van der Waals surface area contributed by atoms with Gasteiger partial charge in [0.15, 0.2) is 0 Å². The molecule has 9 heteroatoms. The Bertz CT molecular complexity index is 1290. The van der Waals surface area contributed by atoms with Gasteiger partial charge in [-0.25, -0.2) is 13.8 Å². The van der Waals surface area contributed by atoms with Gasteiger partial charge in [-0.3, -0.25) is 19.5 Å². The molecule has 3 aromatic carbocycles. The summed E-state index contributed by atoms with van der Waals surface area (Å²) >= 11 is 6.03. The first-order chi connectivity index (χ1) is 16.4. The van der Waals surface area contributed by atoms with Crippen LogP contribution in [0.25, 0.3) is 0 Å². The summed E-state index contributed by atoms with van der Waals surface area (Å²) < 4.78 is 27.0. The van der Waals surface area contributed by atoms with Crippen molar-refractivity contribution in [3.8, 4) is 0 Å². The van der Waals surface area contributed by atoms with Gasteiger partial charge in [0.05, 0.1) is 6.20 Å². The molecule has 0 aliphatic carbocycles. The Labute approximate surface area is 198 Å². The minimum Gasteiger partial charge on any atom is -0.324 e. The van der Waals surface area contributed by atoms with Crippen LogP contribution >= 0.6 is 11.6 Å². The summed E-state index contributed by atoms with van der Waals surface area (Å²) in [6, 6.07) is 15.5. The Balaban J connectivity index is 1.83. The summed E-state index contributed by atoms with van der Waals surface area (Å²) in [4.78, 5) is 36.4. The van der Waals surface area contributed by atoms with Crippen molar-refractivity contribution in [2.75, 3.05) is 10.2 Å². The van der Waals surface area contributed by atoms with Crippen molar-refractivity contribution in [1.82, 2.24) is 9.97 Å². The lowest BCUT2D eigenvalue weighted by atomic mass is 10.0. The van der Waals surface area contributed by atoms with Crippen LogP contribution in [0.3, 0.4) is 0 Å². The molecule has 0 radical (unpaired) electrons. The molecule has 4 rings (SSSR count). The van der Waals surface area contributed by atoms with Gasteiger partial charge in [0.1, 0.15) is 23.4 Å². The van der Waals surface area contributed by atoms with Crippen molar-refractivity contribution >= 4 is 34.8 Å². The van der Waals surface area contributed by atoms with Crippen molar-refractivity contribution in [3.05, 3.63) is 119 Å². The Morgan fingerprint density at radius 3 is 2.06 bits per heavy atom. The van der Waals surface area contributed by atoms with E-state index >= 15 is 0 Å². The summed E-state index contributed by atoms with van der Waals surface area (Å²) in [6.07, 6.45) is 4.06. The van der Waals surface area contributed by atoms with Gasteiger partial charge in [-0.05, 0) is 66.2 Å². The van der Waals surface area contributed by atoms with E-state index in [1.54, 1.807) is 24.3 Å². The molecule has 1 unspecified atom stereocenters. The number of anilines is 2. The van der Waals surface area contributed by atoms with E-state index in [0.717, 1.165) is 0 Å². The van der Waals surface area contributed by atoms with Crippen molar-refractivity contribution in [3.63, 3.8) is 0 Å². The molecule has 0 fully saturated rings. The van der Waals surface area contributed by atoms with E-state index in [-0.39, 0.29) is 5.69 Å². The van der Waals surface area contributed by atoms with Crippen molar-refractivity contribution < 1.29 is 18.4 Å². The van der Waals surface area contributed by atoms with Crippen LogP contribution in [0, 0.1) is 11.6 Å². The highest BCUT2D eigenvalue weighted by Crippen LogP contribution is 2.31. The molecule has 0 spiro atoms. The molecule has 0 aliphatic rings. The predicted octanol–water partition coefficient (Wildman–Crippen LogP) is 5.44. The molecule has 1 aromatic heterocycles. The lowest BCUT2D eigenvalue weighted by Gasteiger charge is -2.31. The third-order valence-corrected chi connectivity index (χ3v) is 5.16. The molecule has 0 saturated heterocycles. The van der Waals surface area contributed by atoms with E-state index in [2.05, 4.69) is 15.3 Å². The maximum Gasteiger partial charge on any atom is 0.279 e. The summed E-state index contributed by atoms with van der Waals surface area (Å²) in [5.41, 5.74) is 1.01. The molecular weight excluding hydrogens is 462 g/mol. The average molecular weight is 479 g/mol.